The summed E-state index contributed by atoms with van der Waals surface area (Å²) in [5.41, 5.74) is 15.4. The Balaban J connectivity index is 1.10. The minimum atomic E-state index is 0.0901. The number of nitrogens with zero attached hydrogens (tertiary/aromatic N) is 5. The molecule has 8 aromatic carbocycles. The molecule has 308 valence electrons. The van der Waals surface area contributed by atoms with E-state index in [2.05, 4.69) is 201 Å². The molecule has 0 aliphatic heterocycles. The molecule has 3 aromatic heterocycles. The molecule has 0 unspecified atom stereocenters. The number of fused-ring (bicyclic) bond motifs is 8. The van der Waals surface area contributed by atoms with Crippen molar-refractivity contribution in [2.75, 3.05) is 0 Å². The van der Waals surface area contributed by atoms with Crippen LogP contribution in [-0.2, 0) is 10.8 Å². The van der Waals surface area contributed by atoms with Crippen molar-refractivity contribution >= 4 is 43.6 Å². The lowest BCUT2D eigenvalue weighted by Gasteiger charge is -2.43. The van der Waals surface area contributed by atoms with Gasteiger partial charge in [-0.3, -0.25) is 4.57 Å². The lowest BCUT2D eigenvalue weighted by molar-refractivity contribution is 0.333. The van der Waals surface area contributed by atoms with Crippen LogP contribution in [0.4, 0.5) is 0 Å². The third kappa shape index (κ3) is 6.02. The standard InChI is InChI=1S/C59H47N5/c1-58(2)36-37-59(3,4)52-44(22-15-23-49(52)58)40-30-32-43(33-31-40)63-50-24-13-11-20-45(50)47-34-35-48-46-21-12-14-25-51(46)64(54(48)53(47)63)57-61-55(41-18-9-6-10-19-41)60-56(62-57)42-28-26-39(27-29-42)38-16-7-5-8-17-38/h5-35H,36-37H2,1-4H3. The highest BCUT2D eigenvalue weighted by molar-refractivity contribution is 6.23. The minimum Gasteiger partial charge on any atom is -0.307 e. The average molecular weight is 826 g/mol. The predicted molar refractivity (Wildman–Crippen MR) is 266 cm³/mol. The second kappa shape index (κ2) is 14.5. The average Bonchev–Trinajstić information content (AvgIpc) is 3.87. The first-order valence-corrected chi connectivity index (χ1v) is 22.4. The zero-order valence-electron chi connectivity index (χ0n) is 36.5. The van der Waals surface area contributed by atoms with Gasteiger partial charge in [0.2, 0.25) is 5.95 Å². The first-order valence-electron chi connectivity index (χ1n) is 22.4. The zero-order valence-corrected chi connectivity index (χ0v) is 36.5. The molecule has 0 saturated heterocycles. The molecule has 0 amide bonds. The van der Waals surface area contributed by atoms with Crippen LogP contribution >= 0.6 is 0 Å². The summed E-state index contributed by atoms with van der Waals surface area (Å²) in [5.74, 6) is 1.81. The number of hydrogen-bond acceptors (Lipinski definition) is 3. The zero-order chi connectivity index (χ0) is 43.2. The van der Waals surface area contributed by atoms with Gasteiger partial charge in [-0.05, 0) is 81.3 Å². The quantitative estimate of drug-likeness (QED) is 0.168. The van der Waals surface area contributed by atoms with E-state index in [1.807, 2.05) is 24.3 Å². The third-order valence-electron chi connectivity index (χ3n) is 13.9. The topological polar surface area (TPSA) is 48.5 Å². The van der Waals surface area contributed by atoms with Crippen LogP contribution < -0.4 is 0 Å². The summed E-state index contributed by atoms with van der Waals surface area (Å²) in [6.45, 7) is 9.64. The van der Waals surface area contributed by atoms with Gasteiger partial charge in [0.25, 0.3) is 0 Å². The molecule has 0 saturated carbocycles. The second-order valence-electron chi connectivity index (χ2n) is 18.7. The Morgan fingerprint density at radius 3 is 1.50 bits per heavy atom. The highest BCUT2D eigenvalue weighted by atomic mass is 15.2. The molecule has 1 aliphatic rings. The van der Waals surface area contributed by atoms with Crippen molar-refractivity contribution in [1.29, 1.82) is 0 Å². The van der Waals surface area contributed by atoms with E-state index in [0.29, 0.717) is 17.6 Å². The molecule has 5 nitrogen and oxygen atoms in total. The van der Waals surface area contributed by atoms with Gasteiger partial charge in [0.05, 0.1) is 22.1 Å². The van der Waals surface area contributed by atoms with Crippen LogP contribution in [0.25, 0.3) is 100 Å². The Morgan fingerprint density at radius 1 is 0.375 bits per heavy atom. The Morgan fingerprint density at radius 2 is 0.859 bits per heavy atom. The monoisotopic (exact) mass is 825 g/mol. The van der Waals surface area contributed by atoms with Crippen LogP contribution in [0.5, 0.6) is 0 Å². The van der Waals surface area contributed by atoms with Gasteiger partial charge in [-0.1, -0.05) is 191 Å². The van der Waals surface area contributed by atoms with Crippen molar-refractivity contribution in [2.24, 2.45) is 0 Å². The maximum Gasteiger partial charge on any atom is 0.238 e. The number of aromatic nitrogens is 5. The first kappa shape index (κ1) is 38.1. The smallest absolute Gasteiger partial charge is 0.238 e. The Labute approximate surface area is 373 Å². The molecule has 3 heterocycles. The highest BCUT2D eigenvalue weighted by Gasteiger charge is 2.38. The molecule has 1 aliphatic carbocycles. The molecular weight excluding hydrogens is 779 g/mol. The van der Waals surface area contributed by atoms with E-state index >= 15 is 0 Å². The second-order valence-corrected chi connectivity index (χ2v) is 18.7. The van der Waals surface area contributed by atoms with Crippen LogP contribution in [0.3, 0.4) is 0 Å². The fourth-order valence-electron chi connectivity index (χ4n) is 10.5. The van der Waals surface area contributed by atoms with E-state index in [0.717, 1.165) is 55.2 Å². The molecule has 0 bridgehead atoms. The van der Waals surface area contributed by atoms with Crippen LogP contribution in [0.2, 0.25) is 0 Å². The van der Waals surface area contributed by atoms with Gasteiger partial charge in [0, 0.05) is 38.4 Å². The van der Waals surface area contributed by atoms with Crippen molar-refractivity contribution in [3.8, 4) is 56.7 Å². The summed E-state index contributed by atoms with van der Waals surface area (Å²) in [6, 6.07) is 67.4. The SMILES string of the molecule is CC1(C)CCC(C)(C)c2c(-c3ccc(-n4c5ccccc5c5ccc6c7ccccc7n(-c7nc(-c8ccccc8)nc(-c8ccc(-c9ccccc9)cc8)n7)c6c54)cc3)cccc21. The molecular formula is C59H47N5. The summed E-state index contributed by atoms with van der Waals surface area (Å²) in [7, 11) is 0. The van der Waals surface area contributed by atoms with Crippen molar-refractivity contribution in [1.82, 2.24) is 24.1 Å². The summed E-state index contributed by atoms with van der Waals surface area (Å²) < 4.78 is 4.72. The Kier molecular flexibility index (Phi) is 8.61. The van der Waals surface area contributed by atoms with Crippen molar-refractivity contribution in [3.05, 3.63) is 199 Å². The van der Waals surface area contributed by atoms with Crippen molar-refractivity contribution in [2.45, 2.75) is 51.4 Å². The van der Waals surface area contributed by atoms with E-state index in [1.165, 1.54) is 51.4 Å². The van der Waals surface area contributed by atoms with E-state index in [-0.39, 0.29) is 10.8 Å². The number of rotatable bonds is 6. The van der Waals surface area contributed by atoms with Gasteiger partial charge in [0.1, 0.15) is 0 Å². The molecule has 0 N–H and O–H groups in total. The summed E-state index contributed by atoms with van der Waals surface area (Å²) in [4.78, 5) is 15.8. The molecule has 0 spiro atoms. The number of hydrogen-bond donors (Lipinski definition) is 0. The van der Waals surface area contributed by atoms with Crippen LogP contribution in [0.15, 0.2) is 188 Å². The molecule has 64 heavy (non-hydrogen) atoms. The van der Waals surface area contributed by atoms with Crippen LogP contribution in [-0.4, -0.2) is 24.1 Å². The Bertz CT molecular complexity index is 3580. The molecule has 11 aromatic rings. The number of benzene rings is 8. The van der Waals surface area contributed by atoms with Gasteiger partial charge in [-0.15, -0.1) is 0 Å². The lowest BCUT2D eigenvalue weighted by Crippen LogP contribution is -2.34. The summed E-state index contributed by atoms with van der Waals surface area (Å²) in [5, 5.41) is 4.65. The van der Waals surface area contributed by atoms with E-state index in [9.17, 15) is 0 Å². The molecule has 0 atom stereocenters. The molecule has 0 radical (unpaired) electrons. The van der Waals surface area contributed by atoms with Gasteiger partial charge in [0.15, 0.2) is 11.6 Å². The highest BCUT2D eigenvalue weighted by Crippen LogP contribution is 2.50. The minimum absolute atomic E-state index is 0.0901. The maximum absolute atomic E-state index is 5.37. The van der Waals surface area contributed by atoms with Gasteiger partial charge < -0.3 is 4.57 Å². The molecule has 12 rings (SSSR count). The summed E-state index contributed by atoms with van der Waals surface area (Å²) >= 11 is 0. The van der Waals surface area contributed by atoms with Crippen molar-refractivity contribution < 1.29 is 0 Å². The van der Waals surface area contributed by atoms with Gasteiger partial charge >= 0.3 is 0 Å². The van der Waals surface area contributed by atoms with Crippen LogP contribution in [0, 0.1) is 0 Å². The first-order chi connectivity index (χ1) is 31.2. The number of para-hydroxylation sites is 2. The summed E-state index contributed by atoms with van der Waals surface area (Å²) in [6.07, 6.45) is 2.36. The van der Waals surface area contributed by atoms with E-state index in [1.54, 1.807) is 0 Å². The van der Waals surface area contributed by atoms with Crippen LogP contribution in [0.1, 0.15) is 51.7 Å². The normalized spacial score (nSPS) is 14.4. The predicted octanol–water partition coefficient (Wildman–Crippen LogP) is 15.1. The van der Waals surface area contributed by atoms with Gasteiger partial charge in [-0.25, -0.2) is 4.98 Å². The van der Waals surface area contributed by atoms with Crippen molar-refractivity contribution in [3.63, 3.8) is 0 Å². The lowest BCUT2D eigenvalue weighted by atomic mass is 9.61. The van der Waals surface area contributed by atoms with E-state index in [4.69, 9.17) is 15.0 Å². The maximum atomic E-state index is 5.37. The fourth-order valence-corrected chi connectivity index (χ4v) is 10.5. The van der Waals surface area contributed by atoms with Gasteiger partial charge in [-0.2, -0.15) is 9.97 Å². The third-order valence-corrected chi connectivity index (χ3v) is 13.9. The van der Waals surface area contributed by atoms with E-state index < -0.39 is 0 Å². The molecule has 5 heteroatoms. The fraction of sp³-hybridized carbons (Fsp3) is 0.136. The largest absolute Gasteiger partial charge is 0.307 e. The molecule has 0 fully saturated rings. The Hall–Kier alpha value is -7.63.